The number of aromatic nitrogens is 2. The van der Waals surface area contributed by atoms with Crippen LogP contribution in [0.4, 0.5) is 5.95 Å². The fraction of sp³-hybridized carbons (Fsp3) is 0.429. The summed E-state index contributed by atoms with van der Waals surface area (Å²) in [6.45, 7) is 0. The number of benzene rings is 1. The molecule has 19 heavy (non-hydrogen) atoms. The number of H-pyrrole nitrogens is 1. The van der Waals surface area contributed by atoms with Crippen LogP contribution in [-0.2, 0) is 4.79 Å². The summed E-state index contributed by atoms with van der Waals surface area (Å²) in [5.74, 6) is -0.0594. The zero-order valence-corrected chi connectivity index (χ0v) is 10.6. The van der Waals surface area contributed by atoms with E-state index in [0.29, 0.717) is 6.04 Å². The molecule has 1 saturated carbocycles. The highest BCUT2D eigenvalue weighted by Gasteiger charge is 2.26. The lowest BCUT2D eigenvalue weighted by molar-refractivity contribution is -0.142. The van der Waals surface area contributed by atoms with Gasteiger partial charge in [0, 0.05) is 6.04 Å². The second-order valence-corrected chi connectivity index (χ2v) is 5.13. The third kappa shape index (κ3) is 2.54. The number of aromatic amines is 1. The van der Waals surface area contributed by atoms with Crippen LogP contribution in [-0.4, -0.2) is 27.1 Å². The van der Waals surface area contributed by atoms with E-state index in [2.05, 4.69) is 15.3 Å². The first kappa shape index (κ1) is 12.0. The molecule has 1 aliphatic rings. The van der Waals surface area contributed by atoms with Crippen LogP contribution >= 0.6 is 0 Å². The molecule has 2 aromatic rings. The second kappa shape index (κ2) is 4.91. The Kier molecular flexibility index (Phi) is 3.11. The number of carbonyl (C=O) groups is 1. The summed E-state index contributed by atoms with van der Waals surface area (Å²) >= 11 is 0. The molecule has 100 valence electrons. The Bertz CT molecular complexity index is 552. The number of aliphatic carboxylic acids is 1. The van der Waals surface area contributed by atoms with Crippen LogP contribution in [0.5, 0.6) is 0 Å². The van der Waals surface area contributed by atoms with E-state index in [9.17, 15) is 4.79 Å². The van der Waals surface area contributed by atoms with E-state index in [4.69, 9.17) is 5.11 Å². The van der Waals surface area contributed by atoms with Crippen molar-refractivity contribution in [3.05, 3.63) is 24.3 Å². The van der Waals surface area contributed by atoms with Gasteiger partial charge in [-0.2, -0.15) is 0 Å². The minimum absolute atomic E-state index is 0.172. The summed E-state index contributed by atoms with van der Waals surface area (Å²) in [7, 11) is 0. The van der Waals surface area contributed by atoms with E-state index in [1.807, 2.05) is 24.3 Å². The molecule has 5 heteroatoms. The highest BCUT2D eigenvalue weighted by Crippen LogP contribution is 2.26. The van der Waals surface area contributed by atoms with Gasteiger partial charge in [-0.05, 0) is 37.8 Å². The van der Waals surface area contributed by atoms with Crippen LogP contribution in [0.3, 0.4) is 0 Å². The molecule has 0 aliphatic heterocycles. The van der Waals surface area contributed by atoms with Gasteiger partial charge in [0.2, 0.25) is 5.95 Å². The molecule has 0 amide bonds. The average molecular weight is 259 g/mol. The number of carboxylic acid groups (broad SMARTS) is 1. The fourth-order valence-corrected chi connectivity index (χ4v) is 2.70. The maximum Gasteiger partial charge on any atom is 0.306 e. The van der Waals surface area contributed by atoms with Gasteiger partial charge in [0.25, 0.3) is 0 Å². The number of nitrogens with zero attached hydrogens (tertiary/aromatic N) is 1. The second-order valence-electron chi connectivity index (χ2n) is 5.13. The molecule has 1 fully saturated rings. The Morgan fingerprint density at radius 1 is 1.26 bits per heavy atom. The molecule has 0 radical (unpaired) electrons. The van der Waals surface area contributed by atoms with Gasteiger partial charge in [0.15, 0.2) is 0 Å². The van der Waals surface area contributed by atoms with Gasteiger partial charge in [-0.1, -0.05) is 12.1 Å². The van der Waals surface area contributed by atoms with E-state index in [1.54, 1.807) is 0 Å². The van der Waals surface area contributed by atoms with E-state index in [0.717, 1.165) is 42.7 Å². The van der Waals surface area contributed by atoms with Gasteiger partial charge in [0.1, 0.15) is 0 Å². The van der Waals surface area contributed by atoms with Crippen LogP contribution in [0.25, 0.3) is 11.0 Å². The lowest BCUT2D eigenvalue weighted by Crippen LogP contribution is -2.29. The van der Waals surface area contributed by atoms with Crippen molar-refractivity contribution in [2.45, 2.75) is 31.7 Å². The Hall–Kier alpha value is -2.04. The van der Waals surface area contributed by atoms with E-state index >= 15 is 0 Å². The standard InChI is InChI=1S/C14H17N3O2/c18-13(19)9-5-7-10(8-6-9)15-14-16-11-3-1-2-4-12(11)17-14/h1-4,9-10H,5-8H2,(H,18,19)(H2,15,16,17). The number of hydrogen-bond acceptors (Lipinski definition) is 3. The predicted octanol–water partition coefficient (Wildman–Crippen LogP) is 2.62. The first-order chi connectivity index (χ1) is 9.22. The Labute approximate surface area is 111 Å². The maximum atomic E-state index is 10.9. The predicted molar refractivity (Wildman–Crippen MR) is 73.1 cm³/mol. The molecule has 3 N–H and O–H groups in total. The molecular weight excluding hydrogens is 242 g/mol. The van der Waals surface area contributed by atoms with Crippen molar-refractivity contribution in [3.63, 3.8) is 0 Å². The molecule has 5 nitrogen and oxygen atoms in total. The van der Waals surface area contributed by atoms with Crippen molar-refractivity contribution in [1.29, 1.82) is 0 Å². The van der Waals surface area contributed by atoms with Crippen molar-refractivity contribution < 1.29 is 9.90 Å². The van der Waals surface area contributed by atoms with Gasteiger partial charge in [-0.3, -0.25) is 4.79 Å². The number of fused-ring (bicyclic) bond motifs is 1. The topological polar surface area (TPSA) is 78.0 Å². The van der Waals surface area contributed by atoms with Gasteiger partial charge < -0.3 is 15.4 Å². The van der Waals surface area contributed by atoms with Gasteiger partial charge >= 0.3 is 5.97 Å². The molecule has 0 unspecified atom stereocenters. The summed E-state index contributed by atoms with van der Waals surface area (Å²) in [5.41, 5.74) is 1.97. The number of nitrogens with one attached hydrogen (secondary N) is 2. The lowest BCUT2D eigenvalue weighted by Gasteiger charge is -2.26. The smallest absolute Gasteiger partial charge is 0.306 e. The molecule has 3 rings (SSSR count). The maximum absolute atomic E-state index is 10.9. The SMILES string of the molecule is O=C(O)C1CCC(Nc2nc3ccccc3[nH]2)CC1. The van der Waals surface area contributed by atoms with Crippen LogP contribution in [0, 0.1) is 5.92 Å². The molecule has 1 aliphatic carbocycles. The Morgan fingerprint density at radius 3 is 2.68 bits per heavy atom. The largest absolute Gasteiger partial charge is 0.481 e. The lowest BCUT2D eigenvalue weighted by atomic mass is 9.86. The highest BCUT2D eigenvalue weighted by atomic mass is 16.4. The highest BCUT2D eigenvalue weighted by molar-refractivity contribution is 5.77. The number of hydrogen-bond donors (Lipinski definition) is 3. The van der Waals surface area contributed by atoms with Gasteiger partial charge in [-0.15, -0.1) is 0 Å². The first-order valence-corrected chi connectivity index (χ1v) is 6.66. The van der Waals surface area contributed by atoms with Crippen LogP contribution in [0.1, 0.15) is 25.7 Å². The third-order valence-electron chi connectivity index (χ3n) is 3.81. The molecule has 0 spiro atoms. The number of imidazole rings is 1. The van der Waals surface area contributed by atoms with Crippen molar-refractivity contribution in [2.24, 2.45) is 5.92 Å². The summed E-state index contributed by atoms with van der Waals surface area (Å²) < 4.78 is 0. The Morgan fingerprint density at radius 2 is 2.00 bits per heavy atom. The monoisotopic (exact) mass is 259 g/mol. The van der Waals surface area contributed by atoms with Crippen molar-refractivity contribution in [2.75, 3.05) is 5.32 Å². The third-order valence-corrected chi connectivity index (χ3v) is 3.81. The van der Waals surface area contributed by atoms with E-state index in [1.165, 1.54) is 0 Å². The minimum atomic E-state index is -0.665. The van der Waals surface area contributed by atoms with Gasteiger partial charge in [-0.25, -0.2) is 4.98 Å². The zero-order valence-electron chi connectivity index (χ0n) is 10.6. The molecule has 0 bridgehead atoms. The fourth-order valence-electron chi connectivity index (χ4n) is 2.70. The average Bonchev–Trinajstić information content (AvgIpc) is 2.81. The number of rotatable bonds is 3. The van der Waals surface area contributed by atoms with Crippen molar-refractivity contribution in [1.82, 2.24) is 9.97 Å². The van der Waals surface area contributed by atoms with Crippen LogP contribution in [0.2, 0.25) is 0 Å². The van der Waals surface area contributed by atoms with E-state index < -0.39 is 5.97 Å². The quantitative estimate of drug-likeness (QED) is 0.791. The number of anilines is 1. The summed E-state index contributed by atoms with van der Waals surface area (Å²) in [6.07, 6.45) is 3.25. The number of carboxylic acids is 1. The molecular formula is C14H17N3O2. The normalized spacial score (nSPS) is 23.4. The van der Waals surface area contributed by atoms with Crippen molar-refractivity contribution >= 4 is 23.0 Å². The van der Waals surface area contributed by atoms with E-state index in [-0.39, 0.29) is 5.92 Å². The van der Waals surface area contributed by atoms with Crippen LogP contribution < -0.4 is 5.32 Å². The van der Waals surface area contributed by atoms with Crippen LogP contribution in [0.15, 0.2) is 24.3 Å². The minimum Gasteiger partial charge on any atom is -0.481 e. The molecule has 1 aromatic carbocycles. The Balaban J connectivity index is 1.64. The summed E-state index contributed by atoms with van der Waals surface area (Å²) in [4.78, 5) is 18.6. The van der Waals surface area contributed by atoms with Gasteiger partial charge in [0.05, 0.1) is 17.0 Å². The molecule has 1 heterocycles. The molecule has 0 saturated heterocycles. The zero-order chi connectivity index (χ0) is 13.2. The number of para-hydroxylation sites is 2. The molecule has 1 aromatic heterocycles. The summed E-state index contributed by atoms with van der Waals surface area (Å²) in [5, 5.41) is 12.3. The summed E-state index contributed by atoms with van der Waals surface area (Å²) in [6, 6.07) is 8.22. The molecule has 0 atom stereocenters. The first-order valence-electron chi connectivity index (χ1n) is 6.66. The van der Waals surface area contributed by atoms with Crippen molar-refractivity contribution in [3.8, 4) is 0 Å².